The molecule has 0 aliphatic heterocycles. The Kier molecular flexibility index (Phi) is 6.85. The highest BCUT2D eigenvalue weighted by Crippen LogP contribution is 1.99. The van der Waals surface area contributed by atoms with E-state index in [1.165, 1.54) is 14.0 Å². The van der Waals surface area contributed by atoms with Gasteiger partial charge in [0.05, 0.1) is 12.3 Å². The SMILES string of the molecule is CCCC(NC(=O)CN(C)S(=O)(=O)CC)C(=O)O. The molecule has 2 N–H and O–H groups in total. The third-order valence-electron chi connectivity index (χ3n) is 2.42. The van der Waals surface area contributed by atoms with Gasteiger partial charge in [-0.1, -0.05) is 13.3 Å². The molecular formula is C10H20N2O5S. The van der Waals surface area contributed by atoms with Crippen LogP contribution >= 0.6 is 0 Å². The number of amides is 1. The number of likely N-dealkylation sites (N-methyl/N-ethyl adjacent to an activating group) is 1. The van der Waals surface area contributed by atoms with Crippen LogP contribution in [-0.2, 0) is 19.6 Å². The lowest BCUT2D eigenvalue weighted by Gasteiger charge is -2.18. The average molecular weight is 280 g/mol. The number of aliphatic carboxylic acids is 1. The third kappa shape index (κ3) is 5.46. The van der Waals surface area contributed by atoms with Gasteiger partial charge in [0.1, 0.15) is 6.04 Å². The normalized spacial score (nSPS) is 13.3. The quantitative estimate of drug-likeness (QED) is 0.631. The minimum Gasteiger partial charge on any atom is -0.480 e. The van der Waals surface area contributed by atoms with Gasteiger partial charge in [-0.2, -0.15) is 4.31 Å². The van der Waals surface area contributed by atoms with Gasteiger partial charge in [-0.05, 0) is 13.3 Å². The number of sulfonamides is 1. The van der Waals surface area contributed by atoms with Crippen molar-refractivity contribution in [3.05, 3.63) is 0 Å². The molecule has 0 radical (unpaired) electrons. The van der Waals surface area contributed by atoms with E-state index in [4.69, 9.17) is 5.11 Å². The zero-order valence-electron chi connectivity index (χ0n) is 10.8. The van der Waals surface area contributed by atoms with Gasteiger partial charge in [0, 0.05) is 7.05 Å². The first-order valence-electron chi connectivity index (χ1n) is 5.70. The van der Waals surface area contributed by atoms with Gasteiger partial charge < -0.3 is 10.4 Å². The van der Waals surface area contributed by atoms with Crippen LogP contribution in [0.4, 0.5) is 0 Å². The van der Waals surface area contributed by atoms with E-state index >= 15 is 0 Å². The molecule has 0 aromatic heterocycles. The van der Waals surface area contributed by atoms with Crippen molar-refractivity contribution in [2.75, 3.05) is 19.3 Å². The van der Waals surface area contributed by atoms with E-state index in [2.05, 4.69) is 5.32 Å². The maximum absolute atomic E-state index is 11.5. The van der Waals surface area contributed by atoms with Crippen LogP contribution < -0.4 is 5.32 Å². The topological polar surface area (TPSA) is 104 Å². The van der Waals surface area contributed by atoms with Crippen LogP contribution in [0.1, 0.15) is 26.7 Å². The Bertz CT molecular complexity index is 393. The Morgan fingerprint density at radius 3 is 2.28 bits per heavy atom. The number of carbonyl (C=O) groups excluding carboxylic acids is 1. The lowest BCUT2D eigenvalue weighted by atomic mass is 10.2. The molecule has 0 saturated carbocycles. The molecule has 8 heteroatoms. The second-order valence-corrected chi connectivity index (χ2v) is 6.27. The first-order valence-corrected chi connectivity index (χ1v) is 7.31. The summed E-state index contributed by atoms with van der Waals surface area (Å²) in [5.74, 6) is -1.84. The number of carbonyl (C=O) groups is 2. The number of hydrogen-bond acceptors (Lipinski definition) is 4. The Balaban J connectivity index is 4.46. The number of hydrogen-bond donors (Lipinski definition) is 2. The van der Waals surface area contributed by atoms with Gasteiger partial charge in [0.25, 0.3) is 0 Å². The summed E-state index contributed by atoms with van der Waals surface area (Å²) >= 11 is 0. The van der Waals surface area contributed by atoms with E-state index in [9.17, 15) is 18.0 Å². The van der Waals surface area contributed by atoms with Crippen molar-refractivity contribution in [3.63, 3.8) is 0 Å². The van der Waals surface area contributed by atoms with Crippen LogP contribution in [-0.4, -0.2) is 55.1 Å². The zero-order chi connectivity index (χ0) is 14.3. The van der Waals surface area contributed by atoms with Crippen LogP contribution in [0.25, 0.3) is 0 Å². The number of carboxylic acids is 1. The fourth-order valence-electron chi connectivity index (χ4n) is 1.31. The summed E-state index contributed by atoms with van der Waals surface area (Å²) in [6.07, 6.45) is 0.922. The predicted octanol–water partition coefficient (Wildman–Crippen LogP) is -0.363. The summed E-state index contributed by atoms with van der Waals surface area (Å²) < 4.78 is 23.7. The Morgan fingerprint density at radius 1 is 1.33 bits per heavy atom. The average Bonchev–Trinajstić information content (AvgIpc) is 2.28. The Morgan fingerprint density at radius 2 is 1.89 bits per heavy atom. The molecule has 1 amide bonds. The highest BCUT2D eigenvalue weighted by molar-refractivity contribution is 7.89. The van der Waals surface area contributed by atoms with Crippen molar-refractivity contribution >= 4 is 21.9 Å². The highest BCUT2D eigenvalue weighted by atomic mass is 32.2. The molecule has 0 aliphatic carbocycles. The largest absolute Gasteiger partial charge is 0.480 e. The van der Waals surface area contributed by atoms with Gasteiger partial charge in [-0.25, -0.2) is 13.2 Å². The Hall–Kier alpha value is -1.15. The zero-order valence-corrected chi connectivity index (χ0v) is 11.7. The molecule has 0 fully saturated rings. The minimum atomic E-state index is -3.44. The molecule has 18 heavy (non-hydrogen) atoms. The summed E-state index contributed by atoms with van der Waals surface area (Å²) in [4.78, 5) is 22.3. The van der Waals surface area contributed by atoms with E-state index in [1.807, 2.05) is 0 Å². The van der Waals surface area contributed by atoms with E-state index in [1.54, 1.807) is 6.92 Å². The van der Waals surface area contributed by atoms with Crippen molar-refractivity contribution < 1.29 is 23.1 Å². The third-order valence-corrected chi connectivity index (χ3v) is 4.23. The van der Waals surface area contributed by atoms with E-state index in [0.29, 0.717) is 12.8 Å². The molecule has 7 nitrogen and oxygen atoms in total. The summed E-state index contributed by atoms with van der Waals surface area (Å²) in [5, 5.41) is 11.1. The Labute approximate surface area is 107 Å². The summed E-state index contributed by atoms with van der Waals surface area (Å²) in [6.45, 7) is 2.90. The maximum atomic E-state index is 11.5. The second-order valence-electron chi connectivity index (χ2n) is 3.90. The van der Waals surface area contributed by atoms with E-state index in [0.717, 1.165) is 4.31 Å². The summed E-state index contributed by atoms with van der Waals surface area (Å²) in [7, 11) is -2.15. The first-order chi connectivity index (χ1) is 8.24. The monoisotopic (exact) mass is 280 g/mol. The molecule has 0 heterocycles. The predicted molar refractivity (Wildman–Crippen MR) is 66.6 cm³/mol. The van der Waals surface area contributed by atoms with Crippen molar-refractivity contribution in [2.24, 2.45) is 0 Å². The molecule has 0 aromatic rings. The van der Waals surface area contributed by atoms with Gasteiger partial charge in [0.15, 0.2) is 0 Å². The second kappa shape index (κ2) is 7.32. The molecule has 0 aromatic carbocycles. The number of nitrogens with one attached hydrogen (secondary N) is 1. The molecule has 0 rings (SSSR count). The van der Waals surface area contributed by atoms with Gasteiger partial charge >= 0.3 is 5.97 Å². The van der Waals surface area contributed by atoms with Crippen LogP contribution in [0.5, 0.6) is 0 Å². The number of carboxylic acid groups (broad SMARTS) is 1. The van der Waals surface area contributed by atoms with E-state index < -0.39 is 27.9 Å². The van der Waals surface area contributed by atoms with Crippen LogP contribution in [0.15, 0.2) is 0 Å². The lowest BCUT2D eigenvalue weighted by Crippen LogP contribution is -2.46. The molecule has 106 valence electrons. The standard InChI is InChI=1S/C10H20N2O5S/c1-4-6-8(10(14)15)11-9(13)7-12(3)18(16,17)5-2/h8H,4-7H2,1-3H3,(H,11,13)(H,14,15). The molecule has 0 bridgehead atoms. The van der Waals surface area contributed by atoms with Crippen LogP contribution in [0, 0.1) is 0 Å². The fraction of sp³-hybridized carbons (Fsp3) is 0.800. The fourth-order valence-corrected chi connectivity index (χ4v) is 2.06. The molecular weight excluding hydrogens is 260 g/mol. The van der Waals surface area contributed by atoms with Crippen LogP contribution in [0.3, 0.4) is 0 Å². The first kappa shape index (κ1) is 16.9. The van der Waals surface area contributed by atoms with Crippen molar-refractivity contribution in [3.8, 4) is 0 Å². The lowest BCUT2D eigenvalue weighted by molar-refractivity contribution is -0.142. The van der Waals surface area contributed by atoms with E-state index in [-0.39, 0.29) is 12.3 Å². The molecule has 1 unspecified atom stereocenters. The summed E-state index contributed by atoms with van der Waals surface area (Å²) in [6, 6.07) is -0.972. The highest BCUT2D eigenvalue weighted by Gasteiger charge is 2.22. The number of rotatable bonds is 8. The van der Waals surface area contributed by atoms with Crippen LogP contribution in [0.2, 0.25) is 0 Å². The van der Waals surface area contributed by atoms with Gasteiger partial charge in [0.2, 0.25) is 15.9 Å². The molecule has 0 saturated heterocycles. The smallest absolute Gasteiger partial charge is 0.326 e. The maximum Gasteiger partial charge on any atom is 0.326 e. The number of nitrogens with zero attached hydrogens (tertiary/aromatic N) is 1. The van der Waals surface area contributed by atoms with Crippen molar-refractivity contribution in [2.45, 2.75) is 32.7 Å². The molecule has 0 aliphatic rings. The van der Waals surface area contributed by atoms with Crippen molar-refractivity contribution in [1.82, 2.24) is 9.62 Å². The minimum absolute atomic E-state index is 0.103. The van der Waals surface area contributed by atoms with Gasteiger partial charge in [-0.3, -0.25) is 4.79 Å². The molecule has 1 atom stereocenters. The van der Waals surface area contributed by atoms with Crippen molar-refractivity contribution in [1.29, 1.82) is 0 Å². The molecule has 0 spiro atoms. The van der Waals surface area contributed by atoms with Gasteiger partial charge in [-0.15, -0.1) is 0 Å². The summed E-state index contributed by atoms with van der Waals surface area (Å²) in [5.41, 5.74) is 0.